The second-order valence-corrected chi connectivity index (χ2v) is 12.9. The zero-order valence-corrected chi connectivity index (χ0v) is 25.4. The van der Waals surface area contributed by atoms with Crippen LogP contribution in [0, 0.1) is 11.8 Å². The molecule has 9 heteroatoms. The largest absolute Gasteiger partial charge is 0.441 e. The topological polar surface area (TPSA) is 117 Å². The number of halogens is 1. The molecule has 2 aromatic carbocycles. The van der Waals surface area contributed by atoms with E-state index in [-0.39, 0.29) is 29.9 Å². The van der Waals surface area contributed by atoms with Gasteiger partial charge in [-0.15, -0.1) is 0 Å². The summed E-state index contributed by atoms with van der Waals surface area (Å²) in [5, 5.41) is 19.4. The molecule has 2 fully saturated rings. The van der Waals surface area contributed by atoms with Crippen molar-refractivity contribution in [3.8, 4) is 0 Å². The molecule has 2 aromatic rings. The summed E-state index contributed by atoms with van der Waals surface area (Å²) < 4.78 is 5.95. The fourth-order valence-electron chi connectivity index (χ4n) is 6.28. The van der Waals surface area contributed by atoms with E-state index in [4.69, 9.17) is 16.3 Å². The van der Waals surface area contributed by atoms with Crippen molar-refractivity contribution in [3.63, 3.8) is 0 Å². The van der Waals surface area contributed by atoms with Crippen molar-refractivity contribution >= 4 is 29.5 Å². The average Bonchev–Trinajstić information content (AvgIpc) is 3.23. The minimum atomic E-state index is -0.828. The second kappa shape index (κ2) is 14.9. The summed E-state index contributed by atoms with van der Waals surface area (Å²) in [5.74, 6) is -0.439. The quantitative estimate of drug-likeness (QED) is 0.259. The lowest BCUT2D eigenvalue weighted by Crippen LogP contribution is -2.52. The highest BCUT2D eigenvalue weighted by atomic mass is 35.5. The number of hydrogen-bond donors (Lipinski definition) is 4. The standard InChI is InChI=1S/C33H44ClN3O5/c1-33(2)20-25(30(39)37-33)19-27(21-38)35-31(40)28(17-22-10-5-3-6-11-22)36-32(41)42-29(24-13-7-4-8-14-24)18-23-12-9-15-26(34)16-23/h4,7-9,12-16,22,25,27-29,38H,3,5-6,10-11,17-21H2,1-2H3,(H,35,40)(H,36,41)(H,37,39)/t25?,27?,28-,29?/m0/s1. The molecule has 2 aliphatic rings. The molecule has 42 heavy (non-hydrogen) atoms. The number of nitrogens with one attached hydrogen (secondary N) is 3. The molecule has 1 saturated carbocycles. The fourth-order valence-corrected chi connectivity index (χ4v) is 6.49. The molecule has 1 heterocycles. The minimum Gasteiger partial charge on any atom is -0.441 e. The molecule has 0 bridgehead atoms. The lowest BCUT2D eigenvalue weighted by Gasteiger charge is -2.29. The Kier molecular flexibility index (Phi) is 11.3. The predicted molar refractivity (Wildman–Crippen MR) is 163 cm³/mol. The van der Waals surface area contributed by atoms with Crippen molar-refractivity contribution in [3.05, 3.63) is 70.7 Å². The van der Waals surface area contributed by atoms with Crippen LogP contribution in [0.4, 0.5) is 4.79 Å². The van der Waals surface area contributed by atoms with E-state index in [1.807, 2.05) is 62.4 Å². The van der Waals surface area contributed by atoms with Gasteiger partial charge in [-0.1, -0.05) is 86.2 Å². The van der Waals surface area contributed by atoms with E-state index in [0.29, 0.717) is 36.6 Å². The lowest BCUT2D eigenvalue weighted by molar-refractivity contribution is -0.126. The van der Waals surface area contributed by atoms with Crippen molar-refractivity contribution in [1.29, 1.82) is 0 Å². The van der Waals surface area contributed by atoms with Crippen LogP contribution in [-0.4, -0.2) is 47.2 Å². The smallest absolute Gasteiger partial charge is 0.408 e. The summed E-state index contributed by atoms with van der Waals surface area (Å²) in [6.45, 7) is 3.62. The van der Waals surface area contributed by atoms with Gasteiger partial charge < -0.3 is 25.8 Å². The Labute approximate surface area is 253 Å². The maximum absolute atomic E-state index is 13.6. The highest BCUT2D eigenvalue weighted by Crippen LogP contribution is 2.30. The van der Waals surface area contributed by atoms with E-state index < -0.39 is 24.3 Å². The van der Waals surface area contributed by atoms with Crippen LogP contribution in [-0.2, 0) is 20.7 Å². The van der Waals surface area contributed by atoms with E-state index in [2.05, 4.69) is 16.0 Å². The molecule has 3 amide bonds. The molecule has 1 aliphatic carbocycles. The SMILES string of the molecule is CC1(C)CC(CC(CO)NC(=O)[C@H](CC2CCCCC2)NC(=O)OC(Cc2cccc(Cl)c2)c2ccccc2)C(=O)N1. The van der Waals surface area contributed by atoms with Crippen LogP contribution in [0.25, 0.3) is 0 Å². The van der Waals surface area contributed by atoms with E-state index in [0.717, 1.165) is 36.8 Å². The van der Waals surface area contributed by atoms with Crippen molar-refractivity contribution in [2.75, 3.05) is 6.61 Å². The molecule has 8 nitrogen and oxygen atoms in total. The summed E-state index contributed by atoms with van der Waals surface area (Å²) in [7, 11) is 0. The molecule has 0 radical (unpaired) electrons. The monoisotopic (exact) mass is 597 g/mol. The lowest BCUT2D eigenvalue weighted by atomic mass is 9.84. The number of amides is 3. The van der Waals surface area contributed by atoms with Gasteiger partial charge in [0.2, 0.25) is 11.8 Å². The molecule has 4 N–H and O–H groups in total. The molecule has 3 unspecified atom stereocenters. The van der Waals surface area contributed by atoms with Crippen LogP contribution in [0.2, 0.25) is 5.02 Å². The van der Waals surface area contributed by atoms with Crippen LogP contribution < -0.4 is 16.0 Å². The molecular formula is C33H44ClN3O5. The van der Waals surface area contributed by atoms with Crippen molar-refractivity contribution in [2.45, 2.75) is 95.4 Å². The molecule has 228 valence electrons. The predicted octanol–water partition coefficient (Wildman–Crippen LogP) is 5.47. The van der Waals surface area contributed by atoms with Crippen molar-refractivity contribution < 1.29 is 24.2 Å². The summed E-state index contributed by atoms with van der Waals surface area (Å²) >= 11 is 6.20. The number of rotatable bonds is 12. The number of ether oxygens (including phenoxy) is 1. The first-order valence-corrected chi connectivity index (χ1v) is 15.5. The first-order valence-electron chi connectivity index (χ1n) is 15.1. The maximum Gasteiger partial charge on any atom is 0.408 e. The van der Waals surface area contributed by atoms with Crippen LogP contribution in [0.1, 0.15) is 82.4 Å². The number of aliphatic hydroxyl groups excluding tert-OH is 1. The van der Waals surface area contributed by atoms with E-state index in [1.54, 1.807) is 6.07 Å². The molecule has 4 atom stereocenters. The number of carbonyl (C=O) groups is 3. The van der Waals surface area contributed by atoms with Gasteiger partial charge in [0.25, 0.3) is 0 Å². The zero-order valence-electron chi connectivity index (χ0n) is 24.6. The van der Waals surface area contributed by atoms with E-state index >= 15 is 0 Å². The third kappa shape index (κ3) is 9.46. The summed E-state index contributed by atoms with van der Waals surface area (Å²) in [6.07, 6.45) is 5.98. The Hall–Kier alpha value is -3.10. The Morgan fingerprint density at radius 2 is 1.79 bits per heavy atom. The van der Waals surface area contributed by atoms with Crippen LogP contribution in [0.15, 0.2) is 54.6 Å². The number of benzene rings is 2. The van der Waals surface area contributed by atoms with E-state index in [1.165, 1.54) is 6.42 Å². The van der Waals surface area contributed by atoms with Crippen LogP contribution in [0.5, 0.6) is 0 Å². The Morgan fingerprint density at radius 3 is 2.43 bits per heavy atom. The molecule has 0 spiro atoms. The first-order chi connectivity index (χ1) is 20.1. The maximum atomic E-state index is 13.6. The summed E-state index contributed by atoms with van der Waals surface area (Å²) in [5.41, 5.74) is 1.44. The highest BCUT2D eigenvalue weighted by molar-refractivity contribution is 6.30. The number of aliphatic hydroxyl groups is 1. The molecule has 1 saturated heterocycles. The third-order valence-corrected chi connectivity index (χ3v) is 8.59. The van der Waals surface area contributed by atoms with Gasteiger partial charge in [-0.2, -0.15) is 0 Å². The molecule has 0 aromatic heterocycles. The van der Waals surface area contributed by atoms with Crippen LogP contribution >= 0.6 is 11.6 Å². The van der Waals surface area contributed by atoms with Gasteiger partial charge in [-0.05, 0) is 62.3 Å². The van der Waals surface area contributed by atoms with Gasteiger partial charge in [0, 0.05) is 22.9 Å². The summed E-state index contributed by atoms with van der Waals surface area (Å²) in [6, 6.07) is 15.5. The Bertz CT molecular complexity index is 1200. The molecule has 1 aliphatic heterocycles. The van der Waals surface area contributed by atoms with Crippen molar-refractivity contribution in [2.24, 2.45) is 11.8 Å². The van der Waals surface area contributed by atoms with Gasteiger partial charge in [0.05, 0.1) is 12.6 Å². The van der Waals surface area contributed by atoms with Gasteiger partial charge in [-0.25, -0.2) is 4.79 Å². The van der Waals surface area contributed by atoms with Gasteiger partial charge in [-0.3, -0.25) is 9.59 Å². The minimum absolute atomic E-state index is 0.0696. The third-order valence-electron chi connectivity index (χ3n) is 8.36. The average molecular weight is 598 g/mol. The normalized spacial score (nSPS) is 20.7. The second-order valence-electron chi connectivity index (χ2n) is 12.5. The molecular weight excluding hydrogens is 554 g/mol. The Balaban J connectivity index is 1.45. The fraction of sp³-hybridized carbons (Fsp3) is 0.545. The number of hydrogen-bond acceptors (Lipinski definition) is 5. The highest BCUT2D eigenvalue weighted by Gasteiger charge is 2.39. The zero-order chi connectivity index (χ0) is 30.1. The van der Waals surface area contributed by atoms with Crippen molar-refractivity contribution in [1.82, 2.24) is 16.0 Å². The first kappa shape index (κ1) is 31.8. The number of carbonyl (C=O) groups excluding carboxylic acids is 3. The Morgan fingerprint density at radius 1 is 1.05 bits per heavy atom. The van der Waals surface area contributed by atoms with Gasteiger partial charge in [0.1, 0.15) is 12.1 Å². The van der Waals surface area contributed by atoms with Crippen LogP contribution in [0.3, 0.4) is 0 Å². The van der Waals surface area contributed by atoms with Gasteiger partial charge in [0.15, 0.2) is 0 Å². The van der Waals surface area contributed by atoms with E-state index in [9.17, 15) is 19.5 Å². The number of alkyl carbamates (subject to hydrolysis) is 1. The summed E-state index contributed by atoms with van der Waals surface area (Å²) in [4.78, 5) is 39.4. The molecule has 4 rings (SSSR count). The van der Waals surface area contributed by atoms with Gasteiger partial charge >= 0.3 is 6.09 Å².